The molecule has 18 heavy (non-hydrogen) atoms. The van der Waals surface area contributed by atoms with Gasteiger partial charge in [0.15, 0.2) is 0 Å². The van der Waals surface area contributed by atoms with Gasteiger partial charge in [-0.1, -0.05) is 11.6 Å². The van der Waals surface area contributed by atoms with Gasteiger partial charge in [0, 0.05) is 23.9 Å². The zero-order valence-electron chi connectivity index (χ0n) is 10.1. The Morgan fingerprint density at radius 2 is 2.28 bits per heavy atom. The average molecular weight is 269 g/mol. The molecule has 1 fully saturated rings. The van der Waals surface area contributed by atoms with Gasteiger partial charge in [-0.05, 0) is 37.0 Å². The largest absolute Gasteiger partial charge is 0.398 e. The minimum absolute atomic E-state index is 0.218. The van der Waals surface area contributed by atoms with Gasteiger partial charge in [-0.25, -0.2) is 0 Å². The summed E-state index contributed by atoms with van der Waals surface area (Å²) in [5.74, 6) is 0.522. The molecule has 2 rings (SSSR count). The van der Waals surface area contributed by atoms with Crippen molar-refractivity contribution in [2.45, 2.75) is 12.8 Å². The first kappa shape index (κ1) is 13.2. The summed E-state index contributed by atoms with van der Waals surface area (Å²) in [6, 6.07) is 4.85. The van der Waals surface area contributed by atoms with Crippen LogP contribution in [0, 0.1) is 5.92 Å². The number of rotatable bonds is 6. The van der Waals surface area contributed by atoms with E-state index >= 15 is 0 Å². The Morgan fingerprint density at radius 3 is 3.00 bits per heavy atom. The van der Waals surface area contributed by atoms with Gasteiger partial charge in [0.1, 0.15) is 0 Å². The van der Waals surface area contributed by atoms with Crippen molar-refractivity contribution in [3.05, 3.63) is 28.8 Å². The van der Waals surface area contributed by atoms with Gasteiger partial charge in [0.25, 0.3) is 5.91 Å². The van der Waals surface area contributed by atoms with Crippen molar-refractivity contribution in [1.82, 2.24) is 5.32 Å². The Morgan fingerprint density at radius 1 is 1.50 bits per heavy atom. The molecule has 0 heterocycles. The van der Waals surface area contributed by atoms with Gasteiger partial charge in [-0.2, -0.15) is 0 Å². The van der Waals surface area contributed by atoms with Crippen LogP contribution in [-0.2, 0) is 4.74 Å². The van der Waals surface area contributed by atoms with Crippen LogP contribution >= 0.6 is 11.6 Å². The second-order valence-electron chi connectivity index (χ2n) is 4.51. The van der Waals surface area contributed by atoms with E-state index in [0.717, 1.165) is 12.5 Å². The minimum Gasteiger partial charge on any atom is -0.398 e. The van der Waals surface area contributed by atoms with Crippen LogP contribution in [0.4, 0.5) is 5.69 Å². The normalized spacial score (nSPS) is 14.5. The molecular formula is C13H17ClN2O2. The molecule has 1 aromatic carbocycles. The van der Waals surface area contributed by atoms with E-state index < -0.39 is 0 Å². The third-order valence-corrected chi connectivity index (χ3v) is 3.08. The van der Waals surface area contributed by atoms with Gasteiger partial charge < -0.3 is 15.8 Å². The third-order valence-electron chi connectivity index (χ3n) is 2.84. The van der Waals surface area contributed by atoms with Crippen molar-refractivity contribution in [2.75, 3.05) is 25.5 Å². The fraction of sp³-hybridized carbons (Fsp3) is 0.462. The van der Waals surface area contributed by atoms with Crippen LogP contribution in [0.5, 0.6) is 0 Å². The van der Waals surface area contributed by atoms with Gasteiger partial charge in [-0.15, -0.1) is 0 Å². The van der Waals surface area contributed by atoms with E-state index in [0.29, 0.717) is 29.4 Å². The lowest BCUT2D eigenvalue weighted by Crippen LogP contribution is -2.28. The minimum atomic E-state index is -0.218. The second kappa shape index (κ2) is 6.07. The fourth-order valence-corrected chi connectivity index (χ4v) is 1.76. The highest BCUT2D eigenvalue weighted by molar-refractivity contribution is 6.31. The lowest BCUT2D eigenvalue weighted by Gasteiger charge is -2.08. The van der Waals surface area contributed by atoms with E-state index in [1.54, 1.807) is 18.2 Å². The number of anilines is 1. The summed E-state index contributed by atoms with van der Waals surface area (Å²) in [5.41, 5.74) is 6.55. The first-order chi connectivity index (χ1) is 8.66. The molecule has 5 heteroatoms. The maximum Gasteiger partial charge on any atom is 0.253 e. The molecule has 0 atom stereocenters. The maximum atomic E-state index is 11.8. The summed E-state index contributed by atoms with van der Waals surface area (Å²) >= 11 is 5.83. The van der Waals surface area contributed by atoms with Gasteiger partial charge in [-0.3, -0.25) is 4.79 Å². The van der Waals surface area contributed by atoms with Crippen LogP contribution in [0.25, 0.3) is 0 Å². The number of carbonyl (C=O) groups is 1. The number of halogens is 1. The average Bonchev–Trinajstić information content (AvgIpc) is 3.15. The SMILES string of the molecule is Nc1ccc(Cl)cc1C(=O)NCCOCC1CC1. The maximum absolute atomic E-state index is 11.8. The highest BCUT2D eigenvalue weighted by Crippen LogP contribution is 2.28. The second-order valence-corrected chi connectivity index (χ2v) is 4.94. The molecule has 0 unspecified atom stereocenters. The molecule has 0 aromatic heterocycles. The number of ether oxygens (including phenoxy) is 1. The number of nitrogens with one attached hydrogen (secondary N) is 1. The highest BCUT2D eigenvalue weighted by Gasteiger charge is 2.20. The van der Waals surface area contributed by atoms with E-state index in [9.17, 15) is 4.79 Å². The molecule has 1 aromatic rings. The fourth-order valence-electron chi connectivity index (χ4n) is 1.59. The summed E-state index contributed by atoms with van der Waals surface area (Å²) in [4.78, 5) is 11.8. The molecule has 98 valence electrons. The summed E-state index contributed by atoms with van der Waals surface area (Å²) in [7, 11) is 0. The van der Waals surface area contributed by atoms with Crippen LogP contribution < -0.4 is 11.1 Å². The Balaban J connectivity index is 1.74. The molecular weight excluding hydrogens is 252 g/mol. The molecule has 1 aliphatic rings. The molecule has 4 nitrogen and oxygen atoms in total. The molecule has 3 N–H and O–H groups in total. The zero-order chi connectivity index (χ0) is 13.0. The Hall–Kier alpha value is -1.26. The van der Waals surface area contributed by atoms with Crippen LogP contribution in [0.15, 0.2) is 18.2 Å². The first-order valence-corrected chi connectivity index (χ1v) is 6.45. The van der Waals surface area contributed by atoms with E-state index in [2.05, 4.69) is 5.32 Å². The van der Waals surface area contributed by atoms with Crippen LogP contribution in [-0.4, -0.2) is 25.7 Å². The predicted molar refractivity (Wildman–Crippen MR) is 71.7 cm³/mol. The molecule has 0 saturated heterocycles. The van der Waals surface area contributed by atoms with Crippen LogP contribution in [0.1, 0.15) is 23.2 Å². The van der Waals surface area contributed by atoms with Crippen LogP contribution in [0.3, 0.4) is 0 Å². The number of nitrogen functional groups attached to an aromatic ring is 1. The van der Waals surface area contributed by atoms with Crippen molar-refractivity contribution in [2.24, 2.45) is 5.92 Å². The number of amides is 1. The monoisotopic (exact) mass is 268 g/mol. The van der Waals surface area contributed by atoms with Crippen molar-refractivity contribution in [1.29, 1.82) is 0 Å². The third kappa shape index (κ3) is 3.89. The molecule has 1 amide bonds. The molecule has 0 aliphatic heterocycles. The molecule has 0 radical (unpaired) electrons. The lowest BCUT2D eigenvalue weighted by atomic mass is 10.1. The quantitative estimate of drug-likeness (QED) is 0.613. The zero-order valence-corrected chi connectivity index (χ0v) is 10.9. The van der Waals surface area contributed by atoms with E-state index in [1.807, 2.05) is 0 Å². The number of nitrogens with two attached hydrogens (primary N) is 1. The molecule has 0 bridgehead atoms. The smallest absolute Gasteiger partial charge is 0.253 e. The Bertz CT molecular complexity index is 433. The van der Waals surface area contributed by atoms with Crippen LogP contribution in [0.2, 0.25) is 5.02 Å². The van der Waals surface area contributed by atoms with Gasteiger partial charge in [0.2, 0.25) is 0 Å². The summed E-state index contributed by atoms with van der Waals surface area (Å²) in [5, 5.41) is 3.26. The summed E-state index contributed by atoms with van der Waals surface area (Å²) in [6.45, 7) is 1.81. The summed E-state index contributed by atoms with van der Waals surface area (Å²) < 4.78 is 5.43. The summed E-state index contributed by atoms with van der Waals surface area (Å²) in [6.07, 6.45) is 2.54. The number of carbonyl (C=O) groups excluding carboxylic acids is 1. The van der Waals surface area contributed by atoms with Gasteiger partial charge in [0.05, 0.1) is 12.2 Å². The van der Waals surface area contributed by atoms with Crippen molar-refractivity contribution < 1.29 is 9.53 Å². The Labute approximate surface area is 111 Å². The van der Waals surface area contributed by atoms with Crippen molar-refractivity contribution in [3.8, 4) is 0 Å². The number of hydrogen-bond acceptors (Lipinski definition) is 3. The molecule has 1 aliphatic carbocycles. The van der Waals surface area contributed by atoms with E-state index in [1.165, 1.54) is 12.8 Å². The Kier molecular flexibility index (Phi) is 4.44. The van der Waals surface area contributed by atoms with Crippen molar-refractivity contribution in [3.63, 3.8) is 0 Å². The van der Waals surface area contributed by atoms with Crippen molar-refractivity contribution >= 4 is 23.2 Å². The predicted octanol–water partition coefficient (Wildman–Crippen LogP) is 2.08. The van der Waals surface area contributed by atoms with E-state index in [4.69, 9.17) is 22.1 Å². The van der Waals surface area contributed by atoms with Gasteiger partial charge >= 0.3 is 0 Å². The molecule has 0 spiro atoms. The number of hydrogen-bond donors (Lipinski definition) is 2. The molecule has 1 saturated carbocycles. The lowest BCUT2D eigenvalue weighted by molar-refractivity contribution is 0.0907. The number of benzene rings is 1. The highest BCUT2D eigenvalue weighted by atomic mass is 35.5. The standard InChI is InChI=1S/C13H17ClN2O2/c14-10-3-4-12(15)11(7-10)13(17)16-5-6-18-8-9-1-2-9/h3-4,7,9H,1-2,5-6,8,15H2,(H,16,17). The van der Waals surface area contributed by atoms with E-state index in [-0.39, 0.29) is 5.91 Å². The first-order valence-electron chi connectivity index (χ1n) is 6.08. The topological polar surface area (TPSA) is 64.4 Å².